The molecule has 0 atom stereocenters. The number of nitrogens with zero attached hydrogens (tertiary/aromatic N) is 1. The van der Waals surface area contributed by atoms with E-state index in [0.29, 0.717) is 12.2 Å². The fraction of sp³-hybridized carbons (Fsp3) is 0.214. The molecule has 0 saturated heterocycles. The van der Waals surface area contributed by atoms with Crippen molar-refractivity contribution in [3.05, 3.63) is 53.3 Å². The summed E-state index contributed by atoms with van der Waals surface area (Å²) in [5, 5.41) is 12.2. The van der Waals surface area contributed by atoms with E-state index in [9.17, 15) is 9.90 Å². The lowest BCUT2D eigenvalue weighted by Gasteiger charge is -2.07. The van der Waals surface area contributed by atoms with Gasteiger partial charge in [-0.3, -0.25) is 4.79 Å². The molecule has 4 heteroatoms. The molecule has 94 valence electrons. The van der Waals surface area contributed by atoms with Gasteiger partial charge in [0.1, 0.15) is 11.4 Å². The van der Waals surface area contributed by atoms with Crippen molar-refractivity contribution in [1.82, 2.24) is 9.88 Å². The van der Waals surface area contributed by atoms with E-state index in [1.54, 1.807) is 24.3 Å². The summed E-state index contributed by atoms with van der Waals surface area (Å²) in [5.74, 6) is 0.0883. The van der Waals surface area contributed by atoms with Crippen LogP contribution in [-0.4, -0.2) is 15.6 Å². The van der Waals surface area contributed by atoms with Crippen LogP contribution >= 0.6 is 0 Å². The summed E-state index contributed by atoms with van der Waals surface area (Å²) in [4.78, 5) is 11.9. The smallest absolute Gasteiger partial charge is 0.268 e. The molecule has 0 spiro atoms. The molecule has 0 fully saturated rings. The van der Waals surface area contributed by atoms with Crippen LogP contribution in [0, 0.1) is 6.92 Å². The molecule has 2 aromatic rings. The Morgan fingerprint density at radius 3 is 2.72 bits per heavy atom. The topological polar surface area (TPSA) is 54.3 Å². The Morgan fingerprint density at radius 2 is 2.11 bits per heavy atom. The van der Waals surface area contributed by atoms with E-state index in [2.05, 4.69) is 5.32 Å². The molecule has 18 heavy (non-hydrogen) atoms. The monoisotopic (exact) mass is 244 g/mol. The maximum absolute atomic E-state index is 11.9. The van der Waals surface area contributed by atoms with E-state index in [1.807, 2.05) is 30.7 Å². The number of aromatic nitrogens is 1. The van der Waals surface area contributed by atoms with Gasteiger partial charge in [0.05, 0.1) is 0 Å². The van der Waals surface area contributed by atoms with Gasteiger partial charge in [0.25, 0.3) is 5.91 Å². The van der Waals surface area contributed by atoms with Crippen LogP contribution < -0.4 is 5.32 Å². The largest absolute Gasteiger partial charge is 0.508 e. The minimum atomic E-state index is -0.117. The molecule has 0 aliphatic rings. The lowest BCUT2D eigenvalue weighted by molar-refractivity contribution is 0.0942. The third-order valence-corrected chi connectivity index (χ3v) is 2.97. The minimum Gasteiger partial charge on any atom is -0.508 e. The molecule has 0 aliphatic carbocycles. The molecule has 0 unspecified atom stereocenters. The number of aromatic hydroxyl groups is 1. The maximum atomic E-state index is 11.9. The molecular weight excluding hydrogens is 228 g/mol. The Kier molecular flexibility index (Phi) is 3.37. The first-order valence-electron chi connectivity index (χ1n) is 5.76. The van der Waals surface area contributed by atoms with Crippen molar-refractivity contribution in [2.75, 3.05) is 0 Å². The van der Waals surface area contributed by atoms with Crippen molar-refractivity contribution in [2.24, 2.45) is 7.05 Å². The van der Waals surface area contributed by atoms with E-state index < -0.39 is 0 Å². The zero-order valence-electron chi connectivity index (χ0n) is 10.5. The van der Waals surface area contributed by atoms with Gasteiger partial charge in [-0.05, 0) is 36.8 Å². The van der Waals surface area contributed by atoms with Gasteiger partial charge < -0.3 is 15.0 Å². The standard InChI is InChI=1S/C14H16N2O2/c1-10-6-7-13(16(10)2)14(18)15-9-11-4-3-5-12(17)8-11/h3-8,17H,9H2,1-2H3,(H,15,18). The number of phenols is 1. The number of benzene rings is 1. The van der Waals surface area contributed by atoms with Crippen molar-refractivity contribution in [3.63, 3.8) is 0 Å². The normalized spacial score (nSPS) is 10.3. The summed E-state index contributed by atoms with van der Waals surface area (Å²) in [5.41, 5.74) is 2.54. The molecule has 2 rings (SSSR count). The Balaban J connectivity index is 2.03. The van der Waals surface area contributed by atoms with Crippen LogP contribution in [-0.2, 0) is 13.6 Å². The highest BCUT2D eigenvalue weighted by molar-refractivity contribution is 5.92. The lowest BCUT2D eigenvalue weighted by atomic mass is 10.2. The van der Waals surface area contributed by atoms with Crippen molar-refractivity contribution < 1.29 is 9.90 Å². The highest BCUT2D eigenvalue weighted by atomic mass is 16.3. The summed E-state index contributed by atoms with van der Waals surface area (Å²) >= 11 is 0. The van der Waals surface area contributed by atoms with E-state index >= 15 is 0 Å². The van der Waals surface area contributed by atoms with Gasteiger partial charge in [0, 0.05) is 19.3 Å². The number of aryl methyl sites for hydroxylation is 1. The number of carbonyl (C=O) groups excluding carboxylic acids is 1. The number of carbonyl (C=O) groups is 1. The van der Waals surface area contributed by atoms with Crippen LogP contribution in [0.1, 0.15) is 21.7 Å². The van der Waals surface area contributed by atoms with Crippen molar-refractivity contribution in [3.8, 4) is 5.75 Å². The number of phenolic OH excluding ortho intramolecular Hbond substituents is 1. The van der Waals surface area contributed by atoms with Gasteiger partial charge in [-0.2, -0.15) is 0 Å². The van der Waals surface area contributed by atoms with Crippen LogP contribution in [0.15, 0.2) is 36.4 Å². The maximum Gasteiger partial charge on any atom is 0.268 e. The van der Waals surface area contributed by atoms with E-state index in [0.717, 1.165) is 11.3 Å². The van der Waals surface area contributed by atoms with Crippen LogP contribution in [0.3, 0.4) is 0 Å². The van der Waals surface area contributed by atoms with Crippen LogP contribution in [0.5, 0.6) is 5.75 Å². The average Bonchev–Trinajstić information content (AvgIpc) is 2.67. The molecule has 0 aliphatic heterocycles. The van der Waals surface area contributed by atoms with Gasteiger partial charge in [-0.15, -0.1) is 0 Å². The average molecular weight is 244 g/mol. The predicted octanol–water partition coefficient (Wildman–Crippen LogP) is 1.97. The van der Waals surface area contributed by atoms with Gasteiger partial charge in [0.2, 0.25) is 0 Å². The summed E-state index contributed by atoms with van der Waals surface area (Å²) in [6, 6.07) is 10.6. The van der Waals surface area contributed by atoms with E-state index in [-0.39, 0.29) is 11.7 Å². The van der Waals surface area contributed by atoms with Crippen LogP contribution in [0.25, 0.3) is 0 Å². The molecular formula is C14H16N2O2. The fourth-order valence-electron chi connectivity index (χ4n) is 1.78. The summed E-state index contributed by atoms with van der Waals surface area (Å²) in [6.45, 7) is 2.35. The first kappa shape index (κ1) is 12.2. The van der Waals surface area contributed by atoms with E-state index in [4.69, 9.17) is 0 Å². The molecule has 0 saturated carbocycles. The molecule has 0 bridgehead atoms. The van der Waals surface area contributed by atoms with Gasteiger partial charge in [-0.1, -0.05) is 12.1 Å². The minimum absolute atomic E-state index is 0.117. The molecule has 0 radical (unpaired) electrons. The van der Waals surface area contributed by atoms with E-state index in [1.165, 1.54) is 0 Å². The Labute approximate surface area is 106 Å². The molecule has 1 heterocycles. The molecule has 1 aromatic carbocycles. The van der Waals surface area contributed by atoms with Gasteiger partial charge in [0.15, 0.2) is 0 Å². The van der Waals surface area contributed by atoms with Crippen LogP contribution in [0.2, 0.25) is 0 Å². The second-order valence-corrected chi connectivity index (χ2v) is 4.27. The number of hydrogen-bond acceptors (Lipinski definition) is 2. The SMILES string of the molecule is Cc1ccc(C(=O)NCc2cccc(O)c2)n1C. The predicted molar refractivity (Wildman–Crippen MR) is 69.4 cm³/mol. The zero-order chi connectivity index (χ0) is 13.1. The molecule has 2 N–H and O–H groups in total. The molecule has 1 aromatic heterocycles. The molecule has 4 nitrogen and oxygen atoms in total. The summed E-state index contributed by atoms with van der Waals surface area (Å²) < 4.78 is 1.85. The third kappa shape index (κ3) is 2.53. The van der Waals surface area contributed by atoms with Gasteiger partial charge >= 0.3 is 0 Å². The first-order valence-corrected chi connectivity index (χ1v) is 5.76. The second-order valence-electron chi connectivity index (χ2n) is 4.27. The Hall–Kier alpha value is -2.23. The third-order valence-electron chi connectivity index (χ3n) is 2.97. The number of rotatable bonds is 3. The highest BCUT2D eigenvalue weighted by Crippen LogP contribution is 2.11. The number of nitrogens with one attached hydrogen (secondary N) is 1. The molecule has 1 amide bonds. The van der Waals surface area contributed by atoms with Crippen molar-refractivity contribution in [1.29, 1.82) is 0 Å². The fourth-order valence-corrected chi connectivity index (χ4v) is 1.78. The van der Waals surface area contributed by atoms with Crippen molar-refractivity contribution in [2.45, 2.75) is 13.5 Å². The second kappa shape index (κ2) is 4.96. The quantitative estimate of drug-likeness (QED) is 0.867. The van der Waals surface area contributed by atoms with Crippen LogP contribution in [0.4, 0.5) is 0 Å². The Bertz CT molecular complexity index is 573. The lowest BCUT2D eigenvalue weighted by Crippen LogP contribution is -2.25. The highest BCUT2D eigenvalue weighted by Gasteiger charge is 2.10. The number of hydrogen-bond donors (Lipinski definition) is 2. The number of amides is 1. The summed E-state index contributed by atoms with van der Waals surface area (Å²) in [7, 11) is 1.86. The first-order chi connectivity index (χ1) is 8.58. The summed E-state index contributed by atoms with van der Waals surface area (Å²) in [6.07, 6.45) is 0. The zero-order valence-corrected chi connectivity index (χ0v) is 10.5. The van der Waals surface area contributed by atoms with Gasteiger partial charge in [-0.25, -0.2) is 0 Å². The Morgan fingerprint density at radius 1 is 1.33 bits per heavy atom. The van der Waals surface area contributed by atoms with Crippen molar-refractivity contribution >= 4 is 5.91 Å².